The first-order valence-corrected chi connectivity index (χ1v) is 9.66. The summed E-state index contributed by atoms with van der Waals surface area (Å²) in [6, 6.07) is -0.725. The summed E-state index contributed by atoms with van der Waals surface area (Å²) in [7, 11) is 6.66. The predicted molar refractivity (Wildman–Crippen MR) is 117 cm³/mol. The van der Waals surface area contributed by atoms with E-state index in [1.807, 2.05) is 21.0 Å². The molecule has 30 heavy (non-hydrogen) atoms. The second kappa shape index (κ2) is 15.4. The van der Waals surface area contributed by atoms with Gasteiger partial charge in [-0.1, -0.05) is 20.8 Å². The van der Waals surface area contributed by atoms with E-state index in [4.69, 9.17) is 0 Å². The Morgan fingerprint density at radius 1 is 0.933 bits per heavy atom. The number of carbonyl (C=O) groups is 5. The van der Waals surface area contributed by atoms with Crippen LogP contribution < -0.4 is 10.6 Å². The topological polar surface area (TPSA) is 119 Å². The van der Waals surface area contributed by atoms with Crippen LogP contribution in [0.5, 0.6) is 0 Å². The molecule has 0 spiro atoms. The Hall–Kier alpha value is -2.49. The summed E-state index contributed by atoms with van der Waals surface area (Å²) in [5.41, 5.74) is -0.513. The van der Waals surface area contributed by atoms with E-state index in [2.05, 4.69) is 10.6 Å². The number of hydrazine groups is 1. The molecule has 0 rings (SSSR count). The fraction of sp³-hybridized carbons (Fsp3) is 0.750. The summed E-state index contributed by atoms with van der Waals surface area (Å²) in [6.07, 6.45) is 0. The Bertz CT molecular complexity index is 585. The molecule has 0 fully saturated rings. The number of ketones is 1. The van der Waals surface area contributed by atoms with Crippen molar-refractivity contribution in [3.63, 3.8) is 0 Å². The number of nitrogens with one attached hydrogen (secondary N) is 2. The highest BCUT2D eigenvalue weighted by atomic mass is 16.2. The van der Waals surface area contributed by atoms with Crippen LogP contribution in [0, 0.1) is 5.41 Å². The fourth-order valence-corrected chi connectivity index (χ4v) is 1.96. The largest absolute Gasteiger partial charge is 0.347 e. The Balaban J connectivity index is -0.000000371. The van der Waals surface area contributed by atoms with E-state index in [1.54, 1.807) is 44.6 Å². The van der Waals surface area contributed by atoms with Gasteiger partial charge in [0, 0.05) is 54.0 Å². The second-order valence-electron chi connectivity index (χ2n) is 7.78. The van der Waals surface area contributed by atoms with Crippen molar-refractivity contribution in [2.45, 2.75) is 61.4 Å². The minimum absolute atomic E-state index is 0.0230. The quantitative estimate of drug-likeness (QED) is 0.647. The van der Waals surface area contributed by atoms with Gasteiger partial charge in [-0.25, -0.2) is 9.80 Å². The summed E-state index contributed by atoms with van der Waals surface area (Å²) in [5, 5.41) is 8.27. The standard InChI is InChI=1S/C8H16N2O2.C6H14N2O.C6H11NO2/c1-8(2,3)6(11)10(5)7(12)9-4;1-5-8(6(2)9)7(3)4;1-4(5(2)8)7-6(3)9/h1-5H3,(H,9,12);5H2,1-4H3;4H,1-3H3,(H,7,9). The van der Waals surface area contributed by atoms with Crippen molar-refractivity contribution in [1.29, 1.82) is 0 Å². The van der Waals surface area contributed by atoms with Crippen LogP contribution in [0.3, 0.4) is 0 Å². The van der Waals surface area contributed by atoms with E-state index < -0.39 is 5.41 Å². The SMILES string of the molecule is CC(=O)NC(C)C(C)=O.CCN(C(C)=O)N(C)C.CNC(=O)N(C)C(=O)C(C)(C)C. The molecular formula is C20H41N5O5. The Kier molecular flexibility index (Phi) is 16.5. The van der Waals surface area contributed by atoms with E-state index in [0.29, 0.717) is 0 Å². The highest BCUT2D eigenvalue weighted by Gasteiger charge is 2.27. The number of rotatable bonds is 4. The first kappa shape index (κ1) is 32.2. The van der Waals surface area contributed by atoms with Gasteiger partial charge in [-0.05, 0) is 20.8 Å². The van der Waals surface area contributed by atoms with E-state index in [0.717, 1.165) is 11.4 Å². The number of nitrogens with zero attached hydrogens (tertiary/aromatic N) is 3. The van der Waals surface area contributed by atoms with Crippen LogP contribution >= 0.6 is 0 Å². The molecule has 0 aromatic carbocycles. The van der Waals surface area contributed by atoms with Gasteiger partial charge in [-0.15, -0.1) is 0 Å². The number of hydrogen-bond acceptors (Lipinski definition) is 6. The third kappa shape index (κ3) is 15.4. The summed E-state index contributed by atoms with van der Waals surface area (Å²) < 4.78 is 0. The molecular weight excluding hydrogens is 390 g/mol. The van der Waals surface area contributed by atoms with Gasteiger partial charge >= 0.3 is 6.03 Å². The molecule has 0 bridgehead atoms. The number of urea groups is 1. The Morgan fingerprint density at radius 2 is 1.37 bits per heavy atom. The molecule has 0 aromatic rings. The molecule has 0 saturated carbocycles. The van der Waals surface area contributed by atoms with Gasteiger partial charge in [-0.3, -0.25) is 29.1 Å². The van der Waals surface area contributed by atoms with Gasteiger partial charge in [0.15, 0.2) is 5.78 Å². The normalized spacial score (nSPS) is 11.0. The van der Waals surface area contributed by atoms with Crippen molar-refractivity contribution in [2.75, 3.05) is 34.7 Å². The van der Waals surface area contributed by atoms with E-state index in [9.17, 15) is 24.0 Å². The molecule has 10 heteroatoms. The minimum atomic E-state index is -0.513. The molecule has 5 amide bonds. The van der Waals surface area contributed by atoms with E-state index >= 15 is 0 Å². The zero-order valence-corrected chi connectivity index (χ0v) is 20.7. The second-order valence-corrected chi connectivity index (χ2v) is 7.78. The Morgan fingerprint density at radius 3 is 1.50 bits per heavy atom. The molecule has 0 aromatic heterocycles. The molecule has 0 radical (unpaired) electrons. The highest BCUT2D eigenvalue weighted by molar-refractivity contribution is 5.96. The van der Waals surface area contributed by atoms with Crippen LogP contribution in [-0.2, 0) is 19.2 Å². The maximum atomic E-state index is 11.4. The van der Waals surface area contributed by atoms with Crippen molar-refractivity contribution in [2.24, 2.45) is 5.41 Å². The minimum Gasteiger partial charge on any atom is -0.347 e. The van der Waals surface area contributed by atoms with Gasteiger partial charge in [-0.2, -0.15) is 0 Å². The van der Waals surface area contributed by atoms with Crippen LogP contribution in [0.25, 0.3) is 0 Å². The van der Waals surface area contributed by atoms with Gasteiger partial charge in [0.05, 0.1) is 6.04 Å². The molecule has 0 aliphatic carbocycles. The lowest BCUT2D eigenvalue weighted by Crippen LogP contribution is -2.44. The zero-order chi connectivity index (χ0) is 24.8. The highest BCUT2D eigenvalue weighted by Crippen LogP contribution is 2.16. The summed E-state index contributed by atoms with van der Waals surface area (Å²) in [4.78, 5) is 55.0. The van der Waals surface area contributed by atoms with Crippen molar-refractivity contribution in [1.82, 2.24) is 25.6 Å². The van der Waals surface area contributed by atoms with Crippen LogP contribution in [-0.4, -0.2) is 85.2 Å². The Labute approximate surface area is 181 Å². The summed E-state index contributed by atoms with van der Waals surface area (Å²) >= 11 is 0. The van der Waals surface area contributed by atoms with E-state index in [1.165, 1.54) is 27.9 Å². The van der Waals surface area contributed by atoms with E-state index in [-0.39, 0.29) is 35.6 Å². The molecule has 1 unspecified atom stereocenters. The average molecular weight is 432 g/mol. The van der Waals surface area contributed by atoms with Crippen LogP contribution in [0.2, 0.25) is 0 Å². The third-order valence-electron chi connectivity index (χ3n) is 3.64. The molecule has 0 heterocycles. The van der Waals surface area contributed by atoms with Crippen molar-refractivity contribution in [3.05, 3.63) is 0 Å². The molecule has 10 nitrogen and oxygen atoms in total. The summed E-state index contributed by atoms with van der Waals surface area (Å²) in [5.74, 6) is -0.299. The lowest BCUT2D eigenvalue weighted by atomic mass is 9.95. The molecule has 2 N–H and O–H groups in total. The lowest BCUT2D eigenvalue weighted by Gasteiger charge is -2.25. The number of Topliss-reactive ketones (excluding diaryl/α,β-unsaturated/α-hetero) is 1. The lowest BCUT2D eigenvalue weighted by molar-refractivity contribution is -0.141. The zero-order valence-electron chi connectivity index (χ0n) is 20.7. The molecule has 0 saturated heterocycles. The van der Waals surface area contributed by atoms with Gasteiger partial charge in [0.2, 0.25) is 17.7 Å². The smallest absolute Gasteiger partial charge is 0.323 e. The molecule has 0 aliphatic heterocycles. The number of imide groups is 1. The van der Waals surface area contributed by atoms with Crippen LogP contribution in [0.1, 0.15) is 55.4 Å². The monoisotopic (exact) mass is 431 g/mol. The molecule has 1 atom stereocenters. The van der Waals surface area contributed by atoms with Crippen LogP contribution in [0.15, 0.2) is 0 Å². The average Bonchev–Trinajstić information content (AvgIpc) is 2.59. The number of hydrogen-bond donors (Lipinski definition) is 2. The third-order valence-corrected chi connectivity index (χ3v) is 3.64. The molecule has 0 aliphatic rings. The number of carbonyl (C=O) groups excluding carboxylic acids is 5. The number of amides is 5. The van der Waals surface area contributed by atoms with Crippen molar-refractivity contribution < 1.29 is 24.0 Å². The maximum absolute atomic E-state index is 11.4. The predicted octanol–water partition coefficient (Wildman–Crippen LogP) is 1.26. The van der Waals surface area contributed by atoms with Gasteiger partial charge < -0.3 is 10.6 Å². The first-order valence-electron chi connectivity index (χ1n) is 9.66. The van der Waals surface area contributed by atoms with Gasteiger partial charge in [0.1, 0.15) is 0 Å². The first-order chi connectivity index (χ1) is 13.4. The van der Waals surface area contributed by atoms with Crippen molar-refractivity contribution in [3.8, 4) is 0 Å². The van der Waals surface area contributed by atoms with Gasteiger partial charge in [0.25, 0.3) is 0 Å². The van der Waals surface area contributed by atoms with Crippen molar-refractivity contribution >= 4 is 29.5 Å². The molecule has 176 valence electrons. The fourth-order valence-electron chi connectivity index (χ4n) is 1.96. The van der Waals surface area contributed by atoms with Crippen LogP contribution in [0.4, 0.5) is 4.79 Å². The maximum Gasteiger partial charge on any atom is 0.323 e. The summed E-state index contributed by atoms with van der Waals surface area (Å²) in [6.45, 7) is 14.1.